The van der Waals surface area contributed by atoms with E-state index in [2.05, 4.69) is 21.8 Å². The van der Waals surface area contributed by atoms with E-state index in [4.69, 9.17) is 9.72 Å². The number of nitrogens with zero attached hydrogens (tertiary/aromatic N) is 4. The number of hydrogen-bond acceptors (Lipinski definition) is 5. The van der Waals surface area contributed by atoms with Crippen molar-refractivity contribution in [1.29, 1.82) is 0 Å². The number of ether oxygens (including phenoxy) is 1. The lowest BCUT2D eigenvalue weighted by Crippen LogP contribution is -2.39. The first-order valence-corrected chi connectivity index (χ1v) is 9.54. The molecule has 144 valence electrons. The van der Waals surface area contributed by atoms with Crippen LogP contribution in [0.5, 0.6) is 5.75 Å². The number of aryl methyl sites for hydroxylation is 1. The summed E-state index contributed by atoms with van der Waals surface area (Å²) < 4.78 is 19.1. The first-order chi connectivity index (χ1) is 13.6. The average Bonchev–Trinajstić information content (AvgIpc) is 2.73. The second-order valence-electron chi connectivity index (χ2n) is 7.05. The van der Waals surface area contributed by atoms with Crippen LogP contribution < -0.4 is 9.64 Å². The SMILES string of the molecule is Cc1nc(-c2ccccn2)nc(N2CCC(Oc3ccc(F)cc3)CC2)c1C. The van der Waals surface area contributed by atoms with Crippen molar-refractivity contribution < 1.29 is 9.13 Å². The van der Waals surface area contributed by atoms with Gasteiger partial charge in [0.15, 0.2) is 5.82 Å². The molecule has 0 aliphatic carbocycles. The van der Waals surface area contributed by atoms with Crippen LogP contribution in [0.4, 0.5) is 10.2 Å². The highest BCUT2D eigenvalue weighted by molar-refractivity contribution is 5.57. The van der Waals surface area contributed by atoms with Crippen molar-refractivity contribution in [2.75, 3.05) is 18.0 Å². The van der Waals surface area contributed by atoms with Crippen LogP contribution in [0, 0.1) is 19.7 Å². The molecule has 0 bridgehead atoms. The van der Waals surface area contributed by atoms with E-state index in [0.29, 0.717) is 11.6 Å². The first kappa shape index (κ1) is 18.3. The lowest BCUT2D eigenvalue weighted by molar-refractivity contribution is 0.170. The topological polar surface area (TPSA) is 51.1 Å². The molecule has 0 N–H and O–H groups in total. The van der Waals surface area contributed by atoms with Crippen LogP contribution in [-0.2, 0) is 0 Å². The van der Waals surface area contributed by atoms with Gasteiger partial charge in [-0.3, -0.25) is 4.98 Å². The van der Waals surface area contributed by atoms with Crippen LogP contribution in [0.3, 0.4) is 0 Å². The van der Waals surface area contributed by atoms with Crippen LogP contribution in [-0.4, -0.2) is 34.1 Å². The minimum Gasteiger partial charge on any atom is -0.490 e. The van der Waals surface area contributed by atoms with Gasteiger partial charge in [-0.05, 0) is 50.2 Å². The standard InChI is InChI=1S/C22H23FN4O/c1-15-16(2)25-21(20-5-3-4-12-24-20)26-22(15)27-13-10-19(11-14-27)28-18-8-6-17(23)7-9-18/h3-9,12,19H,10-11,13-14H2,1-2H3. The molecule has 5 nitrogen and oxygen atoms in total. The van der Waals surface area contributed by atoms with E-state index in [1.807, 2.05) is 25.1 Å². The molecule has 0 spiro atoms. The molecule has 0 atom stereocenters. The number of aromatic nitrogens is 3. The summed E-state index contributed by atoms with van der Waals surface area (Å²) in [6.45, 7) is 5.78. The molecule has 3 aromatic rings. The normalized spacial score (nSPS) is 14.9. The molecule has 1 fully saturated rings. The van der Waals surface area contributed by atoms with E-state index in [1.165, 1.54) is 12.1 Å². The zero-order chi connectivity index (χ0) is 19.5. The van der Waals surface area contributed by atoms with Gasteiger partial charge in [-0.15, -0.1) is 0 Å². The molecule has 4 rings (SSSR count). The van der Waals surface area contributed by atoms with Crippen molar-refractivity contribution in [2.24, 2.45) is 0 Å². The summed E-state index contributed by atoms with van der Waals surface area (Å²) in [7, 11) is 0. The Morgan fingerprint density at radius 3 is 2.43 bits per heavy atom. The highest BCUT2D eigenvalue weighted by atomic mass is 19.1. The lowest BCUT2D eigenvalue weighted by Gasteiger charge is -2.34. The second-order valence-corrected chi connectivity index (χ2v) is 7.05. The van der Waals surface area contributed by atoms with Gasteiger partial charge in [0, 0.05) is 43.4 Å². The predicted molar refractivity (Wildman–Crippen MR) is 107 cm³/mol. The van der Waals surface area contributed by atoms with Gasteiger partial charge in [-0.1, -0.05) is 6.07 Å². The minimum absolute atomic E-state index is 0.125. The summed E-state index contributed by atoms with van der Waals surface area (Å²) in [5.74, 6) is 2.09. The van der Waals surface area contributed by atoms with E-state index in [0.717, 1.165) is 48.7 Å². The Hall–Kier alpha value is -3.02. The van der Waals surface area contributed by atoms with Crippen LogP contribution in [0.15, 0.2) is 48.7 Å². The number of hydrogen-bond donors (Lipinski definition) is 0. The van der Waals surface area contributed by atoms with Gasteiger partial charge in [-0.2, -0.15) is 0 Å². The Labute approximate surface area is 164 Å². The van der Waals surface area contributed by atoms with Crippen LogP contribution in [0.1, 0.15) is 24.1 Å². The van der Waals surface area contributed by atoms with Gasteiger partial charge in [-0.25, -0.2) is 14.4 Å². The monoisotopic (exact) mass is 378 g/mol. The predicted octanol–water partition coefficient (Wildman–Crippen LogP) is 4.34. The average molecular weight is 378 g/mol. The molecule has 3 heterocycles. The Bertz CT molecular complexity index is 939. The number of rotatable bonds is 4. The van der Waals surface area contributed by atoms with Crippen molar-refractivity contribution in [3.05, 3.63) is 65.7 Å². The van der Waals surface area contributed by atoms with Crippen LogP contribution in [0.25, 0.3) is 11.5 Å². The van der Waals surface area contributed by atoms with Gasteiger partial charge in [0.25, 0.3) is 0 Å². The maximum atomic E-state index is 13.1. The quantitative estimate of drug-likeness (QED) is 0.676. The molecule has 0 radical (unpaired) electrons. The Morgan fingerprint density at radius 2 is 1.75 bits per heavy atom. The first-order valence-electron chi connectivity index (χ1n) is 9.54. The van der Waals surface area contributed by atoms with Gasteiger partial charge >= 0.3 is 0 Å². The van der Waals surface area contributed by atoms with Crippen LogP contribution in [0.2, 0.25) is 0 Å². The van der Waals surface area contributed by atoms with Gasteiger partial charge in [0.1, 0.15) is 29.2 Å². The zero-order valence-electron chi connectivity index (χ0n) is 16.1. The molecular weight excluding hydrogens is 355 g/mol. The summed E-state index contributed by atoms with van der Waals surface area (Å²) in [4.78, 5) is 16.1. The molecule has 0 unspecified atom stereocenters. The van der Waals surface area contributed by atoms with Crippen molar-refractivity contribution >= 4 is 5.82 Å². The largest absolute Gasteiger partial charge is 0.490 e. The molecule has 1 aliphatic heterocycles. The maximum absolute atomic E-state index is 13.1. The number of piperidine rings is 1. The molecule has 1 saturated heterocycles. The summed E-state index contributed by atoms with van der Waals surface area (Å²) in [6, 6.07) is 12.0. The molecule has 0 amide bonds. The summed E-state index contributed by atoms with van der Waals surface area (Å²) in [5, 5.41) is 0. The third-order valence-corrected chi connectivity index (χ3v) is 5.12. The number of anilines is 1. The molecule has 2 aromatic heterocycles. The molecule has 1 aromatic carbocycles. The third kappa shape index (κ3) is 3.96. The second kappa shape index (κ2) is 7.92. The zero-order valence-corrected chi connectivity index (χ0v) is 16.1. The number of pyridine rings is 1. The minimum atomic E-state index is -0.250. The number of halogens is 1. The maximum Gasteiger partial charge on any atom is 0.180 e. The molecular formula is C22H23FN4O. The smallest absolute Gasteiger partial charge is 0.180 e. The molecule has 1 aliphatic rings. The summed E-state index contributed by atoms with van der Waals surface area (Å²) >= 11 is 0. The summed E-state index contributed by atoms with van der Waals surface area (Å²) in [6.07, 6.45) is 3.66. The molecule has 28 heavy (non-hydrogen) atoms. The highest BCUT2D eigenvalue weighted by Crippen LogP contribution is 2.27. The Morgan fingerprint density at radius 1 is 1.00 bits per heavy atom. The van der Waals surface area contributed by atoms with E-state index >= 15 is 0 Å². The van der Waals surface area contributed by atoms with E-state index in [1.54, 1.807) is 18.3 Å². The van der Waals surface area contributed by atoms with Crippen molar-refractivity contribution in [3.63, 3.8) is 0 Å². The molecule has 0 saturated carbocycles. The fourth-order valence-corrected chi connectivity index (χ4v) is 3.42. The fourth-order valence-electron chi connectivity index (χ4n) is 3.42. The van der Waals surface area contributed by atoms with E-state index < -0.39 is 0 Å². The van der Waals surface area contributed by atoms with E-state index in [-0.39, 0.29) is 11.9 Å². The Kier molecular flexibility index (Phi) is 5.19. The third-order valence-electron chi connectivity index (χ3n) is 5.12. The van der Waals surface area contributed by atoms with Crippen molar-refractivity contribution in [3.8, 4) is 17.3 Å². The lowest BCUT2D eigenvalue weighted by atomic mass is 10.1. The highest BCUT2D eigenvalue weighted by Gasteiger charge is 2.24. The summed E-state index contributed by atoms with van der Waals surface area (Å²) in [5.41, 5.74) is 2.84. The van der Waals surface area contributed by atoms with E-state index in [9.17, 15) is 4.39 Å². The molecule has 6 heteroatoms. The van der Waals surface area contributed by atoms with Crippen LogP contribution >= 0.6 is 0 Å². The fraction of sp³-hybridized carbons (Fsp3) is 0.318. The van der Waals surface area contributed by atoms with Crippen molar-refractivity contribution in [2.45, 2.75) is 32.8 Å². The van der Waals surface area contributed by atoms with Gasteiger partial charge in [0.2, 0.25) is 0 Å². The van der Waals surface area contributed by atoms with Gasteiger partial charge < -0.3 is 9.64 Å². The van der Waals surface area contributed by atoms with Crippen molar-refractivity contribution in [1.82, 2.24) is 15.0 Å². The van der Waals surface area contributed by atoms with Gasteiger partial charge in [0.05, 0.1) is 0 Å². The Balaban J connectivity index is 1.48. The number of benzene rings is 1.